The van der Waals surface area contributed by atoms with E-state index in [2.05, 4.69) is 5.32 Å². The fourth-order valence-corrected chi connectivity index (χ4v) is 5.50. The fourth-order valence-electron chi connectivity index (χ4n) is 5.50. The number of ether oxygens (including phenoxy) is 1. The van der Waals surface area contributed by atoms with Gasteiger partial charge in [0.15, 0.2) is 6.61 Å². The summed E-state index contributed by atoms with van der Waals surface area (Å²) in [6, 6.07) is 4.27. The molecule has 0 radical (unpaired) electrons. The number of carbonyl (C=O) groups is 4. The van der Waals surface area contributed by atoms with E-state index < -0.39 is 29.4 Å². The van der Waals surface area contributed by atoms with Crippen LogP contribution in [0.4, 0.5) is 11.4 Å². The molecule has 2 bridgehead atoms. The second-order valence-electron chi connectivity index (χ2n) is 9.08. The summed E-state index contributed by atoms with van der Waals surface area (Å²) in [5.74, 6) is -2.76. The van der Waals surface area contributed by atoms with E-state index in [4.69, 9.17) is 4.74 Å². The molecule has 1 heterocycles. The van der Waals surface area contributed by atoms with Crippen LogP contribution in [0.25, 0.3) is 0 Å². The summed E-state index contributed by atoms with van der Waals surface area (Å²) in [6.45, 7) is 2.80. The van der Waals surface area contributed by atoms with E-state index in [1.165, 1.54) is 24.3 Å². The number of amides is 3. The predicted octanol–water partition coefficient (Wildman–Crippen LogP) is 2.13. The highest BCUT2D eigenvalue weighted by molar-refractivity contribution is 6.08. The molecule has 2 saturated carbocycles. The monoisotopic (exact) mass is 443 g/mol. The van der Waals surface area contributed by atoms with E-state index in [0.717, 1.165) is 24.2 Å². The topological polar surface area (TPSA) is 136 Å². The van der Waals surface area contributed by atoms with Gasteiger partial charge in [0.05, 0.1) is 16.8 Å². The largest absolute Gasteiger partial charge is 0.454 e. The molecule has 2 aliphatic carbocycles. The fraction of sp³-hybridized carbons (Fsp3) is 0.545. The van der Waals surface area contributed by atoms with Crippen LogP contribution in [0, 0.1) is 39.7 Å². The Balaban J connectivity index is 1.40. The Morgan fingerprint density at radius 2 is 1.81 bits per heavy atom. The number of likely N-dealkylation sites (tertiary alicyclic amines) is 1. The number of non-ortho nitro benzene ring substituents is 1. The average Bonchev–Trinajstić information content (AvgIpc) is 3.42. The van der Waals surface area contributed by atoms with E-state index in [-0.39, 0.29) is 52.8 Å². The van der Waals surface area contributed by atoms with E-state index in [1.54, 1.807) is 13.8 Å². The molecule has 3 aliphatic rings. The number of nitro groups is 1. The zero-order chi connectivity index (χ0) is 23.2. The molecule has 0 aromatic heterocycles. The first-order valence-corrected chi connectivity index (χ1v) is 10.8. The Kier molecular flexibility index (Phi) is 5.70. The molecule has 1 saturated heterocycles. The average molecular weight is 443 g/mol. The zero-order valence-corrected chi connectivity index (χ0v) is 17.9. The highest BCUT2D eigenvalue weighted by atomic mass is 16.6. The molecule has 3 fully saturated rings. The van der Waals surface area contributed by atoms with Gasteiger partial charge in [0, 0.05) is 17.8 Å². The van der Waals surface area contributed by atoms with Gasteiger partial charge in [-0.15, -0.1) is 0 Å². The minimum Gasteiger partial charge on any atom is -0.454 e. The van der Waals surface area contributed by atoms with Gasteiger partial charge < -0.3 is 10.1 Å². The van der Waals surface area contributed by atoms with Gasteiger partial charge in [-0.2, -0.15) is 0 Å². The van der Waals surface area contributed by atoms with Gasteiger partial charge in [0.2, 0.25) is 11.8 Å². The Labute approximate surface area is 184 Å². The number of nitrogens with one attached hydrogen (secondary N) is 1. The lowest BCUT2D eigenvalue weighted by Gasteiger charge is -2.28. The van der Waals surface area contributed by atoms with Crippen molar-refractivity contribution in [2.24, 2.45) is 29.6 Å². The maximum Gasteiger partial charge on any atom is 0.330 e. The predicted molar refractivity (Wildman–Crippen MR) is 111 cm³/mol. The van der Waals surface area contributed by atoms with E-state index in [0.29, 0.717) is 0 Å². The van der Waals surface area contributed by atoms with Crippen molar-refractivity contribution in [1.82, 2.24) is 4.90 Å². The molecule has 170 valence electrons. The minimum absolute atomic E-state index is 0.189. The first-order valence-electron chi connectivity index (χ1n) is 10.8. The second kappa shape index (κ2) is 8.33. The summed E-state index contributed by atoms with van der Waals surface area (Å²) < 4.78 is 5.15. The normalized spacial score (nSPS) is 26.9. The quantitative estimate of drug-likeness (QED) is 0.295. The first kappa shape index (κ1) is 21.9. The van der Waals surface area contributed by atoms with Crippen LogP contribution in [-0.4, -0.2) is 46.2 Å². The van der Waals surface area contributed by atoms with Crippen LogP contribution in [0.5, 0.6) is 0 Å². The number of hydrogen-bond acceptors (Lipinski definition) is 7. The maximum absolute atomic E-state index is 13.1. The Morgan fingerprint density at radius 1 is 1.19 bits per heavy atom. The molecule has 1 aliphatic heterocycles. The SMILES string of the molecule is CC(C)[C@@H](C(=O)OCC(=O)Nc1cccc([N+](=O)[O-])c1)N1C(=O)[C@@H]2[C@H]3CC[C@@H](C3)[C@@H]2C1=O. The highest BCUT2D eigenvalue weighted by Crippen LogP contribution is 2.56. The molecule has 1 aromatic carbocycles. The third-order valence-electron chi connectivity index (χ3n) is 6.80. The van der Waals surface area contributed by atoms with Gasteiger partial charge in [-0.25, -0.2) is 4.79 Å². The maximum atomic E-state index is 13.1. The van der Waals surface area contributed by atoms with Crippen LogP contribution in [0.15, 0.2) is 24.3 Å². The number of esters is 1. The van der Waals surface area contributed by atoms with Gasteiger partial charge in [0.1, 0.15) is 6.04 Å². The van der Waals surface area contributed by atoms with Gasteiger partial charge in [0.25, 0.3) is 11.6 Å². The van der Waals surface area contributed by atoms with Crippen LogP contribution in [0.3, 0.4) is 0 Å². The van der Waals surface area contributed by atoms with Crippen molar-refractivity contribution in [3.63, 3.8) is 0 Å². The van der Waals surface area contributed by atoms with Crippen LogP contribution in [-0.2, 0) is 23.9 Å². The van der Waals surface area contributed by atoms with Crippen molar-refractivity contribution in [1.29, 1.82) is 0 Å². The first-order chi connectivity index (χ1) is 15.2. The summed E-state index contributed by atoms with van der Waals surface area (Å²) in [5.41, 5.74) is -0.000836. The van der Waals surface area contributed by atoms with Crippen LogP contribution >= 0.6 is 0 Å². The van der Waals surface area contributed by atoms with Gasteiger partial charge in [-0.3, -0.25) is 29.4 Å². The summed E-state index contributed by atoms with van der Waals surface area (Å²) in [6.07, 6.45) is 2.77. The molecule has 32 heavy (non-hydrogen) atoms. The third-order valence-corrected chi connectivity index (χ3v) is 6.80. The molecule has 1 N–H and O–H groups in total. The Hall–Kier alpha value is -3.30. The van der Waals surface area contributed by atoms with E-state index in [9.17, 15) is 29.3 Å². The van der Waals surface area contributed by atoms with E-state index in [1.807, 2.05) is 0 Å². The molecule has 0 spiro atoms. The van der Waals surface area contributed by atoms with Crippen molar-refractivity contribution < 1.29 is 28.8 Å². The summed E-state index contributed by atoms with van der Waals surface area (Å²) in [7, 11) is 0. The summed E-state index contributed by atoms with van der Waals surface area (Å²) in [4.78, 5) is 62.5. The van der Waals surface area contributed by atoms with Crippen molar-refractivity contribution in [2.75, 3.05) is 11.9 Å². The van der Waals surface area contributed by atoms with Crippen molar-refractivity contribution in [3.8, 4) is 0 Å². The second-order valence-corrected chi connectivity index (χ2v) is 9.08. The van der Waals surface area contributed by atoms with Gasteiger partial charge >= 0.3 is 5.97 Å². The number of nitro benzene ring substituents is 1. The van der Waals surface area contributed by atoms with Crippen molar-refractivity contribution in [3.05, 3.63) is 34.4 Å². The molecule has 10 nitrogen and oxygen atoms in total. The van der Waals surface area contributed by atoms with E-state index >= 15 is 0 Å². The Morgan fingerprint density at radius 3 is 2.38 bits per heavy atom. The molecule has 0 unspecified atom stereocenters. The number of carbonyl (C=O) groups excluding carboxylic acids is 4. The lowest BCUT2D eigenvalue weighted by molar-refractivity contribution is -0.384. The van der Waals surface area contributed by atoms with Gasteiger partial charge in [-0.1, -0.05) is 19.9 Å². The lowest BCUT2D eigenvalue weighted by Crippen LogP contribution is -2.50. The number of rotatable bonds is 7. The zero-order valence-electron chi connectivity index (χ0n) is 17.9. The highest BCUT2D eigenvalue weighted by Gasteiger charge is 2.62. The standard InChI is InChI=1S/C22H25N3O7/c1-11(2)19(24-20(27)17-12-6-7-13(8-12)18(17)21(24)28)22(29)32-10-16(26)23-14-4-3-5-15(9-14)25(30)31/h3-5,9,11-13,17-19H,6-8,10H2,1-2H3,(H,23,26)/t12-,13-,17-,18+,19-/m0/s1. The Bertz CT molecular complexity index is 963. The molecule has 10 heteroatoms. The van der Waals surface area contributed by atoms with Crippen LogP contribution < -0.4 is 5.32 Å². The molecular formula is C22H25N3O7. The van der Waals surface area contributed by atoms with Gasteiger partial charge in [-0.05, 0) is 43.1 Å². The molecule has 3 amide bonds. The number of benzene rings is 1. The molecule has 5 atom stereocenters. The number of imide groups is 1. The van der Waals surface area contributed by atoms with Crippen molar-refractivity contribution in [2.45, 2.75) is 39.2 Å². The van der Waals surface area contributed by atoms with Crippen LogP contribution in [0.1, 0.15) is 33.1 Å². The van der Waals surface area contributed by atoms with Crippen molar-refractivity contribution >= 4 is 35.1 Å². The molecular weight excluding hydrogens is 418 g/mol. The molecule has 4 rings (SSSR count). The number of hydrogen-bond donors (Lipinski definition) is 1. The third kappa shape index (κ3) is 3.74. The van der Waals surface area contributed by atoms with Crippen LogP contribution in [0.2, 0.25) is 0 Å². The molecule has 1 aromatic rings. The summed E-state index contributed by atoms with van der Waals surface area (Å²) >= 11 is 0. The summed E-state index contributed by atoms with van der Waals surface area (Å²) in [5, 5.41) is 13.3. The lowest BCUT2D eigenvalue weighted by atomic mass is 9.81. The minimum atomic E-state index is -1.09. The number of nitrogens with zero attached hydrogens (tertiary/aromatic N) is 2. The number of fused-ring (bicyclic) bond motifs is 5. The smallest absolute Gasteiger partial charge is 0.330 e. The number of anilines is 1.